The monoisotopic (exact) mass is 248 g/mol. The van der Waals surface area contributed by atoms with Gasteiger partial charge in [-0.05, 0) is 13.8 Å². The van der Waals surface area contributed by atoms with Crippen molar-refractivity contribution in [3.8, 4) is 0 Å². The predicted molar refractivity (Wildman–Crippen MR) is 61.3 cm³/mol. The molecule has 0 aliphatic rings. The summed E-state index contributed by atoms with van der Waals surface area (Å²) in [6.45, 7) is 5.74. The van der Waals surface area contributed by atoms with Crippen LogP contribution in [0.25, 0.3) is 0 Å². The number of hydrogen-bond donors (Lipinski definition) is 1. The summed E-state index contributed by atoms with van der Waals surface area (Å²) in [6, 6.07) is 0. The number of rotatable bonds is 6. The quantitative estimate of drug-likeness (QED) is 0.775. The van der Waals surface area contributed by atoms with Crippen LogP contribution in [0.15, 0.2) is 4.42 Å². The summed E-state index contributed by atoms with van der Waals surface area (Å²) in [7, 11) is -1.71. The van der Waals surface area contributed by atoms with E-state index in [1.807, 2.05) is 0 Å². The standard InChI is InChI=1S/C9H17N2O4P/c1-5-13-16(12,14-6-2)9-8(10-4)15-7(3)11-9/h10H,5-6H2,1-4H3. The molecule has 0 saturated heterocycles. The van der Waals surface area contributed by atoms with Crippen LogP contribution in [0.3, 0.4) is 0 Å². The fraction of sp³-hybridized carbons (Fsp3) is 0.667. The van der Waals surface area contributed by atoms with E-state index in [1.165, 1.54) is 0 Å². The Labute approximate surface area is 94.9 Å². The number of nitrogens with one attached hydrogen (secondary N) is 1. The van der Waals surface area contributed by atoms with Gasteiger partial charge >= 0.3 is 7.60 Å². The number of aromatic nitrogens is 1. The van der Waals surface area contributed by atoms with Gasteiger partial charge in [0.25, 0.3) is 0 Å². The van der Waals surface area contributed by atoms with Crippen LogP contribution in [-0.4, -0.2) is 25.2 Å². The van der Waals surface area contributed by atoms with Gasteiger partial charge in [0.05, 0.1) is 13.2 Å². The Bertz CT molecular complexity index is 381. The Kier molecular flexibility index (Phi) is 4.53. The van der Waals surface area contributed by atoms with Crippen LogP contribution in [0.4, 0.5) is 5.88 Å². The van der Waals surface area contributed by atoms with Gasteiger partial charge in [0, 0.05) is 14.0 Å². The summed E-state index contributed by atoms with van der Waals surface area (Å²) < 4.78 is 28.0. The van der Waals surface area contributed by atoms with Gasteiger partial charge in [0.1, 0.15) is 0 Å². The van der Waals surface area contributed by atoms with Gasteiger partial charge in [-0.2, -0.15) is 0 Å². The van der Waals surface area contributed by atoms with Gasteiger partial charge < -0.3 is 18.8 Å². The van der Waals surface area contributed by atoms with E-state index in [0.29, 0.717) is 11.8 Å². The molecule has 0 amide bonds. The maximum atomic E-state index is 12.4. The fourth-order valence-electron chi connectivity index (χ4n) is 1.26. The first kappa shape index (κ1) is 13.2. The van der Waals surface area contributed by atoms with E-state index in [-0.39, 0.29) is 18.6 Å². The molecule has 7 heteroatoms. The molecule has 1 aromatic heterocycles. The second-order valence-electron chi connectivity index (χ2n) is 2.97. The van der Waals surface area contributed by atoms with Crippen LogP contribution in [-0.2, 0) is 13.6 Å². The summed E-state index contributed by atoms with van der Waals surface area (Å²) in [5.74, 6) is 0.738. The molecular weight excluding hydrogens is 231 g/mol. The molecule has 92 valence electrons. The highest BCUT2D eigenvalue weighted by molar-refractivity contribution is 7.62. The van der Waals surface area contributed by atoms with Gasteiger partial charge in [-0.25, -0.2) is 4.98 Å². The summed E-state index contributed by atoms with van der Waals surface area (Å²) in [5, 5.41) is 2.78. The molecule has 1 aromatic rings. The summed E-state index contributed by atoms with van der Waals surface area (Å²) in [5.41, 5.74) is 0.205. The molecule has 1 rings (SSSR count). The highest BCUT2D eigenvalue weighted by atomic mass is 31.2. The molecule has 16 heavy (non-hydrogen) atoms. The lowest BCUT2D eigenvalue weighted by molar-refractivity contribution is 0.229. The van der Waals surface area contributed by atoms with E-state index in [2.05, 4.69) is 10.3 Å². The van der Waals surface area contributed by atoms with Crippen molar-refractivity contribution in [1.29, 1.82) is 0 Å². The maximum absolute atomic E-state index is 12.4. The number of hydrogen-bond acceptors (Lipinski definition) is 6. The van der Waals surface area contributed by atoms with E-state index in [0.717, 1.165) is 0 Å². The van der Waals surface area contributed by atoms with Crippen LogP contribution in [0.1, 0.15) is 19.7 Å². The third-order valence-electron chi connectivity index (χ3n) is 1.80. The molecule has 0 fully saturated rings. The highest BCUT2D eigenvalue weighted by Crippen LogP contribution is 2.48. The van der Waals surface area contributed by atoms with Gasteiger partial charge in [0.15, 0.2) is 5.89 Å². The van der Waals surface area contributed by atoms with Crippen molar-refractivity contribution in [2.45, 2.75) is 20.8 Å². The van der Waals surface area contributed by atoms with Crippen molar-refractivity contribution in [1.82, 2.24) is 4.98 Å². The van der Waals surface area contributed by atoms with Gasteiger partial charge in [-0.1, -0.05) is 0 Å². The van der Waals surface area contributed by atoms with E-state index in [1.54, 1.807) is 27.8 Å². The average Bonchev–Trinajstić information content (AvgIpc) is 2.61. The first-order valence-corrected chi connectivity index (χ1v) is 6.66. The van der Waals surface area contributed by atoms with Crippen molar-refractivity contribution in [2.75, 3.05) is 25.6 Å². The van der Waals surface area contributed by atoms with Crippen molar-refractivity contribution in [3.63, 3.8) is 0 Å². The molecule has 0 saturated carbocycles. The molecule has 0 aromatic carbocycles. The number of oxazole rings is 1. The second kappa shape index (κ2) is 5.48. The Hall–Kier alpha value is -0.840. The van der Waals surface area contributed by atoms with Crippen LogP contribution >= 0.6 is 7.60 Å². The molecule has 0 spiro atoms. The first-order valence-electron chi connectivity index (χ1n) is 5.12. The Morgan fingerprint density at radius 1 is 1.38 bits per heavy atom. The minimum Gasteiger partial charge on any atom is -0.425 e. The smallest absolute Gasteiger partial charge is 0.385 e. The molecule has 0 aliphatic heterocycles. The molecule has 1 heterocycles. The van der Waals surface area contributed by atoms with Gasteiger partial charge in [0.2, 0.25) is 11.3 Å². The number of nitrogens with zero attached hydrogens (tertiary/aromatic N) is 1. The minimum atomic E-state index is -3.37. The maximum Gasteiger partial charge on any atom is 0.385 e. The summed E-state index contributed by atoms with van der Waals surface area (Å²) in [6.07, 6.45) is 0. The van der Waals surface area contributed by atoms with Crippen LogP contribution < -0.4 is 10.8 Å². The Morgan fingerprint density at radius 3 is 2.38 bits per heavy atom. The van der Waals surface area contributed by atoms with E-state index in [9.17, 15) is 4.57 Å². The molecule has 0 atom stereocenters. The average molecular weight is 248 g/mol. The molecule has 1 N–H and O–H groups in total. The van der Waals surface area contributed by atoms with Crippen molar-refractivity contribution in [3.05, 3.63) is 5.89 Å². The molecule has 0 unspecified atom stereocenters. The largest absolute Gasteiger partial charge is 0.425 e. The molecule has 0 aliphatic carbocycles. The fourth-order valence-corrected chi connectivity index (χ4v) is 2.93. The van der Waals surface area contributed by atoms with Gasteiger partial charge in [-0.3, -0.25) is 4.57 Å². The van der Waals surface area contributed by atoms with E-state index in [4.69, 9.17) is 13.5 Å². The molecule has 6 nitrogen and oxygen atoms in total. The zero-order chi connectivity index (χ0) is 12.2. The zero-order valence-corrected chi connectivity index (χ0v) is 10.8. The number of anilines is 1. The van der Waals surface area contributed by atoms with Crippen LogP contribution in [0, 0.1) is 6.92 Å². The van der Waals surface area contributed by atoms with Gasteiger partial charge in [-0.15, -0.1) is 0 Å². The first-order chi connectivity index (χ1) is 7.57. The predicted octanol–water partition coefficient (Wildman–Crippen LogP) is 1.92. The third kappa shape index (κ3) is 2.64. The second-order valence-corrected chi connectivity index (χ2v) is 4.90. The molecular formula is C9H17N2O4P. The Morgan fingerprint density at radius 2 is 1.94 bits per heavy atom. The normalized spacial score (nSPS) is 11.8. The minimum absolute atomic E-state index is 0.205. The van der Waals surface area contributed by atoms with Crippen molar-refractivity contribution >= 4 is 18.9 Å². The lowest BCUT2D eigenvalue weighted by Crippen LogP contribution is -2.15. The van der Waals surface area contributed by atoms with Crippen molar-refractivity contribution in [2.24, 2.45) is 0 Å². The lowest BCUT2D eigenvalue weighted by Gasteiger charge is -2.14. The van der Waals surface area contributed by atoms with E-state index < -0.39 is 7.60 Å². The third-order valence-corrected chi connectivity index (χ3v) is 3.82. The SMILES string of the molecule is CCOP(=O)(OCC)c1nc(C)oc1NC. The van der Waals surface area contributed by atoms with Crippen molar-refractivity contribution < 1.29 is 18.0 Å². The summed E-state index contributed by atoms with van der Waals surface area (Å²) >= 11 is 0. The van der Waals surface area contributed by atoms with Crippen LogP contribution in [0.5, 0.6) is 0 Å². The molecule has 0 bridgehead atoms. The number of aryl methyl sites for hydroxylation is 1. The van der Waals surface area contributed by atoms with Crippen LogP contribution in [0.2, 0.25) is 0 Å². The Balaban J connectivity index is 3.14. The van der Waals surface area contributed by atoms with E-state index >= 15 is 0 Å². The molecule has 0 radical (unpaired) electrons. The lowest BCUT2D eigenvalue weighted by atomic mass is 10.8. The zero-order valence-electron chi connectivity index (χ0n) is 9.94. The summed E-state index contributed by atoms with van der Waals surface area (Å²) in [4.78, 5) is 4.05. The highest BCUT2D eigenvalue weighted by Gasteiger charge is 2.34. The topological polar surface area (TPSA) is 73.6 Å².